The lowest BCUT2D eigenvalue weighted by Gasteiger charge is -2.23. The summed E-state index contributed by atoms with van der Waals surface area (Å²) >= 11 is 6.01. The summed E-state index contributed by atoms with van der Waals surface area (Å²) in [5.41, 5.74) is 6.57. The molecule has 0 bridgehead atoms. The molecule has 0 amide bonds. The molecule has 14 heavy (non-hydrogen) atoms. The van der Waals surface area contributed by atoms with Gasteiger partial charge in [0.1, 0.15) is 0 Å². The molecule has 3 nitrogen and oxygen atoms in total. The Balaban J connectivity index is 2.69. The van der Waals surface area contributed by atoms with Crippen LogP contribution >= 0.6 is 11.6 Å². The number of halogens is 1. The van der Waals surface area contributed by atoms with E-state index in [4.69, 9.17) is 17.3 Å². The van der Waals surface area contributed by atoms with E-state index in [9.17, 15) is 0 Å². The molecule has 1 unspecified atom stereocenters. The summed E-state index contributed by atoms with van der Waals surface area (Å²) in [5, 5.41) is 0.680. The van der Waals surface area contributed by atoms with E-state index in [1.807, 2.05) is 13.1 Å². The number of nitrogens with two attached hydrogens (primary N) is 1. The van der Waals surface area contributed by atoms with Crippen LogP contribution in [0, 0.1) is 5.92 Å². The largest absolute Gasteiger partial charge is 0.373 e. The SMILES string of the molecule is CC(CN)CN(C)c1ccncc1Cl. The molecule has 1 aromatic heterocycles. The molecule has 0 saturated heterocycles. The van der Waals surface area contributed by atoms with Crippen molar-refractivity contribution in [3.05, 3.63) is 23.5 Å². The molecule has 4 heteroatoms. The van der Waals surface area contributed by atoms with Crippen molar-refractivity contribution in [1.82, 2.24) is 4.98 Å². The van der Waals surface area contributed by atoms with Gasteiger partial charge in [-0.25, -0.2) is 0 Å². The third-order valence-electron chi connectivity index (χ3n) is 2.15. The van der Waals surface area contributed by atoms with Gasteiger partial charge >= 0.3 is 0 Å². The van der Waals surface area contributed by atoms with Crippen molar-refractivity contribution >= 4 is 17.3 Å². The van der Waals surface area contributed by atoms with Crippen molar-refractivity contribution in [1.29, 1.82) is 0 Å². The Bertz CT molecular complexity index is 290. The average Bonchev–Trinajstić information content (AvgIpc) is 2.18. The van der Waals surface area contributed by atoms with Crippen molar-refractivity contribution in [2.45, 2.75) is 6.92 Å². The van der Waals surface area contributed by atoms with Crippen LogP contribution in [0.15, 0.2) is 18.5 Å². The summed E-state index contributed by atoms with van der Waals surface area (Å²) < 4.78 is 0. The van der Waals surface area contributed by atoms with Gasteiger partial charge in [-0.3, -0.25) is 4.98 Å². The fourth-order valence-corrected chi connectivity index (χ4v) is 1.58. The number of nitrogens with zero attached hydrogens (tertiary/aromatic N) is 2. The normalized spacial score (nSPS) is 12.6. The van der Waals surface area contributed by atoms with E-state index >= 15 is 0 Å². The van der Waals surface area contributed by atoms with E-state index in [1.54, 1.807) is 12.4 Å². The predicted octanol–water partition coefficient (Wildman–Crippen LogP) is 1.77. The van der Waals surface area contributed by atoms with Crippen LogP contribution in [-0.2, 0) is 0 Å². The monoisotopic (exact) mass is 213 g/mol. The van der Waals surface area contributed by atoms with Gasteiger partial charge in [0.05, 0.1) is 10.7 Å². The maximum absolute atomic E-state index is 6.01. The second-order valence-electron chi connectivity index (χ2n) is 3.55. The second-order valence-corrected chi connectivity index (χ2v) is 3.96. The Hall–Kier alpha value is -0.800. The highest BCUT2D eigenvalue weighted by Gasteiger charge is 2.08. The molecule has 2 N–H and O–H groups in total. The molecule has 0 radical (unpaired) electrons. The molecule has 0 saturated carbocycles. The molecule has 0 fully saturated rings. The Morgan fingerprint density at radius 1 is 1.64 bits per heavy atom. The summed E-state index contributed by atoms with van der Waals surface area (Å²) in [6, 6.07) is 1.91. The van der Waals surface area contributed by atoms with E-state index < -0.39 is 0 Å². The van der Waals surface area contributed by atoms with Gasteiger partial charge in [-0.05, 0) is 18.5 Å². The lowest BCUT2D eigenvalue weighted by Crippen LogP contribution is -2.28. The number of aromatic nitrogens is 1. The smallest absolute Gasteiger partial charge is 0.0822 e. The van der Waals surface area contributed by atoms with Gasteiger partial charge in [0.25, 0.3) is 0 Å². The lowest BCUT2D eigenvalue weighted by atomic mass is 10.1. The van der Waals surface area contributed by atoms with Crippen LogP contribution in [0.2, 0.25) is 5.02 Å². The molecular weight excluding hydrogens is 198 g/mol. The van der Waals surface area contributed by atoms with Crippen LogP contribution in [-0.4, -0.2) is 25.1 Å². The maximum Gasteiger partial charge on any atom is 0.0822 e. The summed E-state index contributed by atoms with van der Waals surface area (Å²) in [7, 11) is 2.01. The van der Waals surface area contributed by atoms with E-state index in [1.165, 1.54) is 0 Å². The van der Waals surface area contributed by atoms with Gasteiger partial charge in [0.15, 0.2) is 0 Å². The Kier molecular flexibility index (Phi) is 4.17. The molecule has 0 spiro atoms. The highest BCUT2D eigenvalue weighted by molar-refractivity contribution is 6.33. The van der Waals surface area contributed by atoms with Crippen LogP contribution in [0.4, 0.5) is 5.69 Å². The molecule has 1 heterocycles. The van der Waals surface area contributed by atoms with E-state index in [-0.39, 0.29) is 0 Å². The topological polar surface area (TPSA) is 42.1 Å². The number of pyridine rings is 1. The molecule has 0 aliphatic heterocycles. The van der Waals surface area contributed by atoms with Crippen LogP contribution < -0.4 is 10.6 Å². The number of rotatable bonds is 4. The van der Waals surface area contributed by atoms with Crippen molar-refractivity contribution in [3.8, 4) is 0 Å². The van der Waals surface area contributed by atoms with Crippen LogP contribution in [0.1, 0.15) is 6.92 Å². The van der Waals surface area contributed by atoms with Crippen molar-refractivity contribution < 1.29 is 0 Å². The lowest BCUT2D eigenvalue weighted by molar-refractivity contribution is 0.590. The third kappa shape index (κ3) is 2.86. The highest BCUT2D eigenvalue weighted by atomic mass is 35.5. The van der Waals surface area contributed by atoms with Gasteiger partial charge in [0, 0.05) is 26.0 Å². The predicted molar refractivity (Wildman–Crippen MR) is 60.7 cm³/mol. The number of hydrogen-bond acceptors (Lipinski definition) is 3. The molecule has 0 aliphatic rings. The first-order chi connectivity index (χ1) is 6.65. The molecule has 0 aromatic carbocycles. The van der Waals surface area contributed by atoms with Gasteiger partial charge in [-0.1, -0.05) is 18.5 Å². The summed E-state index contributed by atoms with van der Waals surface area (Å²) in [6.45, 7) is 3.71. The highest BCUT2D eigenvalue weighted by Crippen LogP contribution is 2.23. The minimum Gasteiger partial charge on any atom is -0.373 e. The first kappa shape index (κ1) is 11.3. The fraction of sp³-hybridized carbons (Fsp3) is 0.500. The first-order valence-electron chi connectivity index (χ1n) is 4.66. The molecular formula is C10H16ClN3. The average molecular weight is 214 g/mol. The fourth-order valence-electron chi connectivity index (χ4n) is 1.32. The quantitative estimate of drug-likeness (QED) is 0.829. The minimum atomic E-state index is 0.462. The Morgan fingerprint density at radius 3 is 2.93 bits per heavy atom. The van der Waals surface area contributed by atoms with Crippen LogP contribution in [0.3, 0.4) is 0 Å². The maximum atomic E-state index is 6.01. The zero-order valence-electron chi connectivity index (χ0n) is 8.57. The molecule has 78 valence electrons. The van der Waals surface area contributed by atoms with Crippen molar-refractivity contribution in [2.75, 3.05) is 25.0 Å². The third-order valence-corrected chi connectivity index (χ3v) is 2.44. The standard InChI is InChI=1S/C10H16ClN3/c1-8(5-12)7-14(2)10-3-4-13-6-9(10)11/h3-4,6,8H,5,7,12H2,1-2H3. The van der Waals surface area contributed by atoms with Crippen LogP contribution in [0.5, 0.6) is 0 Å². The van der Waals surface area contributed by atoms with Gasteiger partial charge in [-0.15, -0.1) is 0 Å². The molecule has 1 rings (SSSR count). The number of anilines is 1. The van der Waals surface area contributed by atoms with Gasteiger partial charge in [-0.2, -0.15) is 0 Å². The summed E-state index contributed by atoms with van der Waals surface area (Å²) in [4.78, 5) is 6.04. The zero-order chi connectivity index (χ0) is 10.6. The molecule has 1 aromatic rings. The van der Waals surface area contributed by atoms with Gasteiger partial charge in [0.2, 0.25) is 0 Å². The number of hydrogen-bond donors (Lipinski definition) is 1. The minimum absolute atomic E-state index is 0.462. The van der Waals surface area contributed by atoms with E-state index in [0.29, 0.717) is 17.5 Å². The van der Waals surface area contributed by atoms with Gasteiger partial charge < -0.3 is 10.6 Å². The second kappa shape index (κ2) is 5.17. The Labute approximate surface area is 89.9 Å². The van der Waals surface area contributed by atoms with E-state index in [0.717, 1.165) is 12.2 Å². The Morgan fingerprint density at radius 2 is 2.36 bits per heavy atom. The zero-order valence-corrected chi connectivity index (χ0v) is 9.33. The van der Waals surface area contributed by atoms with E-state index in [2.05, 4.69) is 16.8 Å². The molecule has 1 atom stereocenters. The first-order valence-corrected chi connectivity index (χ1v) is 5.03. The van der Waals surface area contributed by atoms with Crippen LogP contribution in [0.25, 0.3) is 0 Å². The summed E-state index contributed by atoms with van der Waals surface area (Å²) in [5.74, 6) is 0.462. The summed E-state index contributed by atoms with van der Waals surface area (Å²) in [6.07, 6.45) is 3.39. The van der Waals surface area contributed by atoms with Crippen molar-refractivity contribution in [2.24, 2.45) is 11.7 Å². The molecule has 0 aliphatic carbocycles. The van der Waals surface area contributed by atoms with Crippen molar-refractivity contribution in [3.63, 3.8) is 0 Å².